The molecule has 1 aliphatic heterocycles. The number of rotatable bonds is 0. The normalized spacial score (nSPS) is 67.7. The molecule has 4 fully saturated rings. The molecular formula is C14H18O. The van der Waals surface area contributed by atoms with Crippen LogP contribution in [0.2, 0.25) is 0 Å². The van der Waals surface area contributed by atoms with Crippen LogP contribution in [0.5, 0.6) is 0 Å². The Labute approximate surface area is 90.9 Å². The van der Waals surface area contributed by atoms with E-state index in [2.05, 4.69) is 12.2 Å². The van der Waals surface area contributed by atoms with Crippen molar-refractivity contribution in [2.45, 2.75) is 37.9 Å². The molecule has 0 radical (unpaired) electrons. The van der Waals surface area contributed by atoms with E-state index in [0.717, 1.165) is 41.6 Å². The van der Waals surface area contributed by atoms with Gasteiger partial charge in [-0.05, 0) is 61.2 Å². The fourth-order valence-electron chi connectivity index (χ4n) is 5.81. The van der Waals surface area contributed by atoms with Gasteiger partial charge in [0.1, 0.15) is 0 Å². The van der Waals surface area contributed by atoms with E-state index in [0.29, 0.717) is 6.10 Å². The van der Waals surface area contributed by atoms with E-state index in [1.165, 1.54) is 19.3 Å². The Morgan fingerprint density at radius 1 is 0.800 bits per heavy atom. The topological polar surface area (TPSA) is 12.5 Å². The summed E-state index contributed by atoms with van der Waals surface area (Å²) in [4.78, 5) is 0. The Hall–Kier alpha value is -0.300. The first-order chi connectivity index (χ1) is 7.43. The molecular weight excluding hydrogens is 184 g/mol. The van der Waals surface area contributed by atoms with Gasteiger partial charge in [-0.15, -0.1) is 0 Å². The van der Waals surface area contributed by atoms with Crippen LogP contribution in [-0.4, -0.2) is 12.2 Å². The SMILES string of the molecule is C1=CCC2C(C1)C1CC2C2C1CC1OC12. The number of hydrogen-bond donors (Lipinski definition) is 0. The molecule has 5 rings (SSSR count). The van der Waals surface area contributed by atoms with Crippen LogP contribution >= 0.6 is 0 Å². The van der Waals surface area contributed by atoms with E-state index in [-0.39, 0.29) is 0 Å². The van der Waals surface area contributed by atoms with Crippen LogP contribution < -0.4 is 0 Å². The Morgan fingerprint density at radius 2 is 1.53 bits per heavy atom. The standard InChI is InChI=1S/C14H18O/c1-2-4-8-7(3-1)9-5-10(8)13-11(9)6-12-14(13)15-12/h1-2,7-14H,3-6H2. The van der Waals surface area contributed by atoms with Gasteiger partial charge in [-0.3, -0.25) is 0 Å². The summed E-state index contributed by atoms with van der Waals surface area (Å²) in [6.07, 6.45) is 12.1. The average Bonchev–Trinajstić information content (AvgIpc) is 2.70. The highest BCUT2D eigenvalue weighted by Gasteiger charge is 2.68. The summed E-state index contributed by atoms with van der Waals surface area (Å²) in [7, 11) is 0. The summed E-state index contributed by atoms with van der Waals surface area (Å²) in [5, 5.41) is 0. The molecule has 4 aliphatic carbocycles. The largest absolute Gasteiger partial charge is 0.369 e. The lowest BCUT2D eigenvalue weighted by Crippen LogP contribution is -2.35. The highest BCUT2D eigenvalue weighted by molar-refractivity contribution is 5.18. The Morgan fingerprint density at radius 3 is 2.40 bits per heavy atom. The minimum absolute atomic E-state index is 0.707. The van der Waals surface area contributed by atoms with Crippen molar-refractivity contribution in [3.05, 3.63) is 12.2 Å². The molecule has 1 nitrogen and oxygen atoms in total. The monoisotopic (exact) mass is 202 g/mol. The molecule has 8 atom stereocenters. The molecule has 2 bridgehead atoms. The van der Waals surface area contributed by atoms with Crippen LogP contribution in [-0.2, 0) is 4.74 Å². The van der Waals surface area contributed by atoms with Gasteiger partial charge in [0.15, 0.2) is 0 Å². The van der Waals surface area contributed by atoms with E-state index in [1.807, 2.05) is 0 Å². The number of epoxide rings is 1. The summed E-state index contributed by atoms with van der Waals surface area (Å²) in [5.74, 6) is 6.32. The maximum atomic E-state index is 5.78. The van der Waals surface area contributed by atoms with Gasteiger partial charge in [0.2, 0.25) is 0 Å². The maximum Gasteiger partial charge on any atom is 0.0875 e. The molecule has 15 heavy (non-hydrogen) atoms. The summed E-state index contributed by atoms with van der Waals surface area (Å²) in [6, 6.07) is 0. The third-order valence-electron chi connectivity index (χ3n) is 6.22. The Kier molecular flexibility index (Phi) is 1.23. The minimum atomic E-state index is 0.707. The van der Waals surface area contributed by atoms with Crippen LogP contribution in [0.3, 0.4) is 0 Å². The summed E-state index contributed by atoms with van der Waals surface area (Å²) in [6.45, 7) is 0. The third kappa shape index (κ3) is 0.791. The second-order valence-electron chi connectivity index (χ2n) is 6.45. The number of fused-ring (bicyclic) bond motifs is 10. The molecule has 1 saturated heterocycles. The van der Waals surface area contributed by atoms with Crippen LogP contribution in [0.4, 0.5) is 0 Å². The predicted octanol–water partition coefficient (Wildman–Crippen LogP) is 2.62. The van der Waals surface area contributed by atoms with E-state index >= 15 is 0 Å². The molecule has 1 heterocycles. The van der Waals surface area contributed by atoms with E-state index in [9.17, 15) is 0 Å². The molecule has 0 spiro atoms. The summed E-state index contributed by atoms with van der Waals surface area (Å²) >= 11 is 0. The Balaban J connectivity index is 1.56. The molecule has 3 saturated carbocycles. The van der Waals surface area contributed by atoms with Crippen molar-refractivity contribution in [1.82, 2.24) is 0 Å². The summed E-state index contributed by atoms with van der Waals surface area (Å²) < 4.78 is 5.78. The van der Waals surface area contributed by atoms with Crippen molar-refractivity contribution in [2.24, 2.45) is 35.5 Å². The second-order valence-corrected chi connectivity index (χ2v) is 6.45. The van der Waals surface area contributed by atoms with Gasteiger partial charge in [-0.25, -0.2) is 0 Å². The van der Waals surface area contributed by atoms with Gasteiger partial charge in [0.25, 0.3) is 0 Å². The van der Waals surface area contributed by atoms with Crippen molar-refractivity contribution >= 4 is 0 Å². The van der Waals surface area contributed by atoms with Gasteiger partial charge in [0, 0.05) is 0 Å². The zero-order valence-corrected chi connectivity index (χ0v) is 9.01. The maximum absolute atomic E-state index is 5.78. The molecule has 8 unspecified atom stereocenters. The van der Waals surface area contributed by atoms with Gasteiger partial charge in [-0.2, -0.15) is 0 Å². The highest BCUT2D eigenvalue weighted by Crippen LogP contribution is 2.69. The van der Waals surface area contributed by atoms with E-state index in [4.69, 9.17) is 4.74 Å². The number of hydrogen-bond acceptors (Lipinski definition) is 1. The molecule has 0 aromatic carbocycles. The molecule has 0 aromatic heterocycles. The summed E-state index contributed by atoms with van der Waals surface area (Å²) in [5.41, 5.74) is 0. The first-order valence-electron chi connectivity index (χ1n) is 6.74. The van der Waals surface area contributed by atoms with E-state index in [1.54, 1.807) is 6.42 Å². The van der Waals surface area contributed by atoms with Crippen molar-refractivity contribution in [2.75, 3.05) is 0 Å². The first-order valence-corrected chi connectivity index (χ1v) is 6.74. The number of allylic oxidation sites excluding steroid dienone is 2. The van der Waals surface area contributed by atoms with Gasteiger partial charge >= 0.3 is 0 Å². The molecule has 80 valence electrons. The van der Waals surface area contributed by atoms with Gasteiger partial charge in [-0.1, -0.05) is 12.2 Å². The molecule has 0 aromatic rings. The van der Waals surface area contributed by atoms with E-state index < -0.39 is 0 Å². The van der Waals surface area contributed by atoms with Crippen molar-refractivity contribution < 1.29 is 4.74 Å². The minimum Gasteiger partial charge on any atom is -0.369 e. The lowest BCUT2D eigenvalue weighted by Gasteiger charge is -2.40. The van der Waals surface area contributed by atoms with Crippen molar-refractivity contribution in [1.29, 1.82) is 0 Å². The average molecular weight is 202 g/mol. The fraction of sp³-hybridized carbons (Fsp3) is 0.857. The van der Waals surface area contributed by atoms with Gasteiger partial charge in [0.05, 0.1) is 12.2 Å². The van der Waals surface area contributed by atoms with Crippen LogP contribution in [0, 0.1) is 35.5 Å². The molecule has 0 N–H and O–H groups in total. The Bertz CT molecular complexity index is 347. The fourth-order valence-corrected chi connectivity index (χ4v) is 5.81. The van der Waals surface area contributed by atoms with Crippen molar-refractivity contribution in [3.63, 3.8) is 0 Å². The first kappa shape index (κ1) is 7.89. The van der Waals surface area contributed by atoms with Crippen LogP contribution in [0.25, 0.3) is 0 Å². The second kappa shape index (κ2) is 2.34. The zero-order valence-electron chi connectivity index (χ0n) is 9.01. The number of ether oxygens (including phenoxy) is 1. The lowest BCUT2D eigenvalue weighted by molar-refractivity contribution is 0.0653. The highest BCUT2D eigenvalue weighted by atomic mass is 16.6. The van der Waals surface area contributed by atoms with Crippen LogP contribution in [0.1, 0.15) is 25.7 Å². The van der Waals surface area contributed by atoms with Gasteiger partial charge < -0.3 is 4.74 Å². The molecule has 0 amide bonds. The predicted molar refractivity (Wildman–Crippen MR) is 57.2 cm³/mol. The zero-order chi connectivity index (χ0) is 9.57. The van der Waals surface area contributed by atoms with Crippen LogP contribution in [0.15, 0.2) is 12.2 Å². The van der Waals surface area contributed by atoms with Crippen molar-refractivity contribution in [3.8, 4) is 0 Å². The quantitative estimate of drug-likeness (QED) is 0.434. The molecule has 5 aliphatic rings. The smallest absolute Gasteiger partial charge is 0.0875 e. The third-order valence-corrected chi connectivity index (χ3v) is 6.22. The molecule has 1 heteroatoms. The lowest BCUT2D eigenvalue weighted by atomic mass is 9.65.